The summed E-state index contributed by atoms with van der Waals surface area (Å²) in [6, 6.07) is 0. The summed E-state index contributed by atoms with van der Waals surface area (Å²) < 4.78 is 0. The van der Waals surface area contributed by atoms with Gasteiger partial charge in [0.1, 0.15) is 6.54 Å². The second kappa shape index (κ2) is 6.80. The van der Waals surface area contributed by atoms with Crippen molar-refractivity contribution in [1.82, 2.24) is 5.32 Å². The fourth-order valence-corrected chi connectivity index (χ4v) is 0.299. The van der Waals surface area contributed by atoms with Crippen LogP contribution in [0.5, 0.6) is 0 Å². The Kier molecular flexibility index (Phi) is 8.40. The van der Waals surface area contributed by atoms with Crippen molar-refractivity contribution in [2.75, 3.05) is 6.54 Å². The van der Waals surface area contributed by atoms with Crippen LogP contribution in [0, 0.1) is 0 Å². The first-order valence-electron chi connectivity index (χ1n) is 2.65. The van der Waals surface area contributed by atoms with E-state index in [0.29, 0.717) is 6.42 Å². The third-order valence-corrected chi connectivity index (χ3v) is 0.758. The van der Waals surface area contributed by atoms with Crippen molar-refractivity contribution in [3.8, 4) is 0 Å². The topological polar surface area (TPSA) is 66.4 Å². The van der Waals surface area contributed by atoms with Crippen LogP contribution in [0.2, 0.25) is 0 Å². The van der Waals surface area contributed by atoms with E-state index in [1.807, 2.05) is 0 Å². The minimum absolute atomic E-state index is 0. The molecule has 0 heterocycles. The Balaban J connectivity index is 0. The van der Waals surface area contributed by atoms with Crippen LogP contribution >= 0.6 is 0 Å². The molecule has 0 aromatic carbocycles. The van der Waals surface area contributed by atoms with Gasteiger partial charge < -0.3 is 10.4 Å². The predicted octanol–water partition coefficient (Wildman–Crippen LogP) is -0.405. The predicted molar refractivity (Wildman–Crippen MR) is 30.9 cm³/mol. The van der Waals surface area contributed by atoms with E-state index in [2.05, 4.69) is 5.32 Å². The fraction of sp³-hybridized carbons (Fsp3) is 0.600. The van der Waals surface area contributed by atoms with Crippen molar-refractivity contribution in [3.05, 3.63) is 0 Å². The van der Waals surface area contributed by atoms with E-state index < -0.39 is 5.97 Å². The van der Waals surface area contributed by atoms with Gasteiger partial charge >= 0.3 is 5.97 Å². The minimum Gasteiger partial charge on any atom is -0.480 e. The minimum atomic E-state index is -1.02. The SMILES string of the molecule is CCC(=O)NCC(=O)O.[Au]. The van der Waals surface area contributed by atoms with Gasteiger partial charge in [-0.2, -0.15) is 0 Å². The quantitative estimate of drug-likeness (QED) is 0.693. The first-order chi connectivity index (χ1) is 4.16. The Morgan fingerprint density at radius 3 is 2.30 bits per heavy atom. The third kappa shape index (κ3) is 7.68. The van der Waals surface area contributed by atoms with E-state index in [1.165, 1.54) is 0 Å². The number of hydrogen-bond acceptors (Lipinski definition) is 2. The molecule has 0 aliphatic carbocycles. The Bertz CT molecular complexity index is 126. The van der Waals surface area contributed by atoms with Crippen molar-refractivity contribution in [2.24, 2.45) is 0 Å². The Morgan fingerprint density at radius 2 is 2.00 bits per heavy atom. The number of nitrogens with one attached hydrogen (secondary N) is 1. The van der Waals surface area contributed by atoms with Crippen molar-refractivity contribution >= 4 is 11.9 Å². The summed E-state index contributed by atoms with van der Waals surface area (Å²) in [5, 5.41) is 10.2. The van der Waals surface area contributed by atoms with Crippen molar-refractivity contribution in [2.45, 2.75) is 13.3 Å². The van der Waals surface area contributed by atoms with Gasteiger partial charge in [-0.05, 0) is 0 Å². The van der Waals surface area contributed by atoms with E-state index >= 15 is 0 Å². The van der Waals surface area contributed by atoms with Crippen LogP contribution in [-0.2, 0) is 32.0 Å². The average Bonchev–Trinajstić information content (AvgIpc) is 1.83. The zero-order valence-corrected chi connectivity index (χ0v) is 7.65. The summed E-state index contributed by atoms with van der Waals surface area (Å²) in [6.07, 6.45) is 0.327. The largest absolute Gasteiger partial charge is 0.480 e. The first kappa shape index (κ1) is 12.4. The summed E-state index contributed by atoms with van der Waals surface area (Å²) in [4.78, 5) is 20.1. The number of carboxylic acids is 1. The molecule has 2 N–H and O–H groups in total. The number of carbonyl (C=O) groups excluding carboxylic acids is 1. The fourth-order valence-electron chi connectivity index (χ4n) is 0.299. The van der Waals surface area contributed by atoms with E-state index in [9.17, 15) is 9.59 Å². The van der Waals surface area contributed by atoms with Crippen molar-refractivity contribution < 1.29 is 37.1 Å². The third-order valence-electron chi connectivity index (χ3n) is 0.758. The molecular formula is C5H9AuNO3. The van der Waals surface area contributed by atoms with Crippen LogP contribution in [0.25, 0.3) is 0 Å². The molecule has 0 rings (SSSR count). The molecule has 0 saturated carbocycles. The van der Waals surface area contributed by atoms with Gasteiger partial charge in [0, 0.05) is 28.8 Å². The summed E-state index contributed by atoms with van der Waals surface area (Å²) in [5.41, 5.74) is 0. The summed E-state index contributed by atoms with van der Waals surface area (Å²) in [6.45, 7) is 1.38. The van der Waals surface area contributed by atoms with E-state index in [1.54, 1.807) is 6.92 Å². The molecule has 63 valence electrons. The molecule has 10 heavy (non-hydrogen) atoms. The standard InChI is InChI=1S/C5H9NO3.Au/c1-2-4(7)6-3-5(8)9;/h2-3H2,1H3,(H,6,7)(H,8,9);. The van der Waals surface area contributed by atoms with Gasteiger partial charge in [0.25, 0.3) is 0 Å². The second-order valence-electron chi connectivity index (χ2n) is 1.52. The number of carboxylic acid groups (broad SMARTS) is 1. The van der Waals surface area contributed by atoms with Gasteiger partial charge in [0.05, 0.1) is 0 Å². The molecule has 0 saturated heterocycles. The summed E-state index contributed by atoms with van der Waals surface area (Å²) in [7, 11) is 0. The van der Waals surface area contributed by atoms with Gasteiger partial charge in [0.2, 0.25) is 5.91 Å². The zero-order chi connectivity index (χ0) is 7.28. The van der Waals surface area contributed by atoms with Crippen LogP contribution in [-0.4, -0.2) is 23.5 Å². The summed E-state index contributed by atoms with van der Waals surface area (Å²) >= 11 is 0. The monoisotopic (exact) mass is 328 g/mol. The second-order valence-corrected chi connectivity index (χ2v) is 1.52. The molecule has 1 amide bonds. The average molecular weight is 328 g/mol. The maximum Gasteiger partial charge on any atom is 0.322 e. The number of rotatable bonds is 3. The molecule has 4 nitrogen and oxygen atoms in total. The maximum atomic E-state index is 10.3. The van der Waals surface area contributed by atoms with Crippen molar-refractivity contribution in [3.63, 3.8) is 0 Å². The Hall–Kier alpha value is -0.320. The zero-order valence-electron chi connectivity index (χ0n) is 5.48. The molecule has 5 heteroatoms. The van der Waals surface area contributed by atoms with Crippen LogP contribution in [0.15, 0.2) is 0 Å². The molecule has 1 radical (unpaired) electrons. The van der Waals surface area contributed by atoms with Crippen LogP contribution < -0.4 is 5.32 Å². The molecule has 0 spiro atoms. The number of hydrogen-bond donors (Lipinski definition) is 2. The Labute approximate surface area is 74.5 Å². The maximum absolute atomic E-state index is 10.3. The van der Waals surface area contributed by atoms with Gasteiger partial charge in [-0.3, -0.25) is 9.59 Å². The molecule has 0 fully saturated rings. The van der Waals surface area contributed by atoms with Gasteiger partial charge in [-0.15, -0.1) is 0 Å². The van der Waals surface area contributed by atoms with E-state index in [0.717, 1.165) is 0 Å². The van der Waals surface area contributed by atoms with E-state index in [4.69, 9.17) is 5.11 Å². The van der Waals surface area contributed by atoms with Gasteiger partial charge in [0.15, 0.2) is 0 Å². The molecule has 0 atom stereocenters. The van der Waals surface area contributed by atoms with Gasteiger partial charge in [-0.1, -0.05) is 6.92 Å². The van der Waals surface area contributed by atoms with Crippen LogP contribution in [0.1, 0.15) is 13.3 Å². The van der Waals surface area contributed by atoms with Gasteiger partial charge in [-0.25, -0.2) is 0 Å². The number of aliphatic carboxylic acids is 1. The molecule has 0 aromatic rings. The molecule has 0 unspecified atom stereocenters. The number of amides is 1. The molecule has 0 bridgehead atoms. The van der Waals surface area contributed by atoms with Crippen LogP contribution in [0.3, 0.4) is 0 Å². The molecule has 0 aliphatic rings. The van der Waals surface area contributed by atoms with Crippen molar-refractivity contribution in [1.29, 1.82) is 0 Å². The molecule has 0 aromatic heterocycles. The van der Waals surface area contributed by atoms with Crippen LogP contribution in [0.4, 0.5) is 0 Å². The number of carbonyl (C=O) groups is 2. The normalized spacial score (nSPS) is 7.70. The smallest absolute Gasteiger partial charge is 0.322 e. The molecule has 0 aliphatic heterocycles. The summed E-state index contributed by atoms with van der Waals surface area (Å²) in [5.74, 6) is -1.26. The Morgan fingerprint density at radius 1 is 1.50 bits per heavy atom. The first-order valence-corrected chi connectivity index (χ1v) is 2.65. The molecular weight excluding hydrogens is 319 g/mol. The van der Waals surface area contributed by atoms with E-state index in [-0.39, 0.29) is 34.8 Å².